The van der Waals surface area contributed by atoms with Gasteiger partial charge in [0.25, 0.3) is 5.91 Å². The molecule has 0 saturated carbocycles. The van der Waals surface area contributed by atoms with Crippen LogP contribution in [0.2, 0.25) is 19.6 Å². The number of nitrogens with one attached hydrogen (secondary N) is 1. The molecule has 3 amide bonds. The Morgan fingerprint density at radius 3 is 2.16 bits per heavy atom. The van der Waals surface area contributed by atoms with E-state index >= 15 is 0 Å². The first-order valence-corrected chi connectivity index (χ1v) is 11.6. The van der Waals surface area contributed by atoms with Crippen molar-refractivity contribution in [2.45, 2.75) is 25.2 Å². The normalized spacial score (nSPS) is 20.6. The molecule has 3 rings (SSSR count). The van der Waals surface area contributed by atoms with E-state index in [9.17, 15) is 9.59 Å². The van der Waals surface area contributed by atoms with Crippen LogP contribution >= 0.6 is 0 Å². The van der Waals surface area contributed by atoms with Gasteiger partial charge in [0, 0.05) is 7.05 Å². The zero-order chi connectivity index (χ0) is 18.2. The molecule has 0 aromatic heterocycles. The van der Waals surface area contributed by atoms with Crippen LogP contribution in [0.15, 0.2) is 54.6 Å². The van der Waals surface area contributed by atoms with Gasteiger partial charge in [-0.05, 0) is 42.9 Å². The smallest absolute Gasteiger partial charge is 0.325 e. The minimum absolute atomic E-state index is 0.297. The molecule has 1 saturated heterocycles. The molecular weight excluding hydrogens is 332 g/mol. The van der Waals surface area contributed by atoms with Gasteiger partial charge in [0.2, 0.25) is 8.32 Å². The van der Waals surface area contributed by atoms with Crippen LogP contribution in [0.3, 0.4) is 0 Å². The van der Waals surface area contributed by atoms with Crippen LogP contribution in [0, 0.1) is 0 Å². The molecule has 1 heterocycles. The molecule has 25 heavy (non-hydrogen) atoms. The first kappa shape index (κ1) is 17.2. The third-order valence-corrected chi connectivity index (χ3v) is 4.97. The lowest BCUT2D eigenvalue weighted by atomic mass is 9.82. The molecule has 1 N–H and O–H groups in total. The van der Waals surface area contributed by atoms with Gasteiger partial charge in [-0.3, -0.25) is 9.69 Å². The van der Waals surface area contributed by atoms with Crippen molar-refractivity contribution in [3.63, 3.8) is 0 Å². The van der Waals surface area contributed by atoms with Crippen LogP contribution in [0.1, 0.15) is 11.1 Å². The zero-order valence-electron chi connectivity index (χ0n) is 14.9. The first-order chi connectivity index (χ1) is 11.7. The van der Waals surface area contributed by atoms with Gasteiger partial charge in [-0.25, -0.2) is 4.79 Å². The number of hydrogen-bond acceptors (Lipinski definition) is 3. The first-order valence-electron chi connectivity index (χ1n) is 8.19. The van der Waals surface area contributed by atoms with Crippen molar-refractivity contribution < 1.29 is 14.0 Å². The van der Waals surface area contributed by atoms with E-state index in [0.717, 1.165) is 10.5 Å². The lowest BCUT2D eigenvalue weighted by Crippen LogP contribution is -2.45. The Kier molecular flexibility index (Phi) is 4.16. The summed E-state index contributed by atoms with van der Waals surface area (Å²) in [6.07, 6.45) is 0. The highest BCUT2D eigenvalue weighted by molar-refractivity contribution is 6.70. The average molecular weight is 354 g/mol. The molecule has 0 radical (unpaired) electrons. The Morgan fingerprint density at radius 1 is 0.960 bits per heavy atom. The molecule has 2 aromatic rings. The summed E-state index contributed by atoms with van der Waals surface area (Å²) in [7, 11) is -0.300. The highest BCUT2D eigenvalue weighted by atomic mass is 28.4. The number of rotatable bonds is 4. The SMILES string of the molecule is CN1C(=O)NC(c2ccccc2)(c2cccc(O[Si](C)(C)C)c2)C1=O. The fourth-order valence-corrected chi connectivity index (χ4v) is 3.87. The van der Waals surface area contributed by atoms with Crippen LogP contribution in [-0.2, 0) is 10.3 Å². The molecule has 5 nitrogen and oxygen atoms in total. The Balaban J connectivity index is 2.16. The Hall–Kier alpha value is -2.60. The maximum atomic E-state index is 13.0. The maximum Gasteiger partial charge on any atom is 0.325 e. The Morgan fingerprint density at radius 2 is 1.60 bits per heavy atom. The number of benzene rings is 2. The Labute approximate surface area is 148 Å². The number of carbonyl (C=O) groups is 2. The second-order valence-electron chi connectivity index (χ2n) is 7.15. The third kappa shape index (κ3) is 3.05. The fourth-order valence-electron chi connectivity index (χ4n) is 3.03. The second-order valence-corrected chi connectivity index (χ2v) is 11.6. The van der Waals surface area contributed by atoms with Crippen molar-refractivity contribution in [1.29, 1.82) is 0 Å². The molecule has 0 aliphatic carbocycles. The van der Waals surface area contributed by atoms with Gasteiger partial charge >= 0.3 is 6.03 Å². The summed E-state index contributed by atoms with van der Waals surface area (Å²) in [5.41, 5.74) is 0.186. The summed E-state index contributed by atoms with van der Waals surface area (Å²) in [6.45, 7) is 6.30. The Bertz CT molecular complexity index is 817. The van der Waals surface area contributed by atoms with E-state index in [1.807, 2.05) is 54.6 Å². The lowest BCUT2D eigenvalue weighted by Gasteiger charge is -2.29. The van der Waals surface area contributed by atoms with E-state index in [2.05, 4.69) is 25.0 Å². The predicted octanol–water partition coefficient (Wildman–Crippen LogP) is 3.33. The standard InChI is InChI=1S/C19H22N2O3Si/c1-21-17(22)19(20-18(21)23,14-9-6-5-7-10-14)15-11-8-12-16(13-15)24-25(2,3)4/h5-13H,1-4H3,(H,20,23). The van der Waals surface area contributed by atoms with Crippen molar-refractivity contribution in [3.8, 4) is 5.75 Å². The number of carbonyl (C=O) groups excluding carboxylic acids is 2. The van der Waals surface area contributed by atoms with Crippen molar-refractivity contribution in [3.05, 3.63) is 65.7 Å². The van der Waals surface area contributed by atoms with Gasteiger partial charge in [0.15, 0.2) is 5.54 Å². The number of amides is 3. The van der Waals surface area contributed by atoms with Gasteiger partial charge in [-0.15, -0.1) is 0 Å². The van der Waals surface area contributed by atoms with Crippen LogP contribution in [0.5, 0.6) is 5.75 Å². The summed E-state index contributed by atoms with van der Waals surface area (Å²) in [4.78, 5) is 26.4. The molecule has 1 fully saturated rings. The van der Waals surface area contributed by atoms with Crippen molar-refractivity contribution >= 4 is 20.3 Å². The molecule has 0 bridgehead atoms. The minimum atomic E-state index is -1.79. The number of imide groups is 1. The van der Waals surface area contributed by atoms with Crippen LogP contribution in [0.4, 0.5) is 4.79 Å². The van der Waals surface area contributed by atoms with E-state index in [1.54, 1.807) is 0 Å². The third-order valence-electron chi connectivity index (χ3n) is 4.12. The number of likely N-dealkylation sites (N-methyl/N-ethyl adjacent to an activating group) is 1. The van der Waals surface area contributed by atoms with Crippen LogP contribution < -0.4 is 9.74 Å². The van der Waals surface area contributed by atoms with Gasteiger partial charge < -0.3 is 9.74 Å². The molecule has 6 heteroatoms. The topological polar surface area (TPSA) is 58.6 Å². The molecule has 2 aromatic carbocycles. The van der Waals surface area contributed by atoms with E-state index in [4.69, 9.17) is 4.43 Å². The monoisotopic (exact) mass is 354 g/mol. The minimum Gasteiger partial charge on any atom is -0.544 e. The van der Waals surface area contributed by atoms with E-state index in [-0.39, 0.29) is 5.91 Å². The van der Waals surface area contributed by atoms with Crippen molar-refractivity contribution in [2.75, 3.05) is 7.05 Å². The molecule has 1 aliphatic rings. The van der Waals surface area contributed by atoms with Gasteiger partial charge in [-0.1, -0.05) is 42.5 Å². The van der Waals surface area contributed by atoms with Gasteiger partial charge in [0.05, 0.1) is 0 Å². The van der Waals surface area contributed by atoms with Crippen LogP contribution in [0.25, 0.3) is 0 Å². The average Bonchev–Trinajstić information content (AvgIpc) is 2.79. The summed E-state index contributed by atoms with van der Waals surface area (Å²) in [5, 5.41) is 2.88. The van der Waals surface area contributed by atoms with E-state index in [1.165, 1.54) is 7.05 Å². The largest absolute Gasteiger partial charge is 0.544 e. The quantitative estimate of drug-likeness (QED) is 0.677. The molecule has 1 atom stereocenters. The summed E-state index contributed by atoms with van der Waals surface area (Å²) >= 11 is 0. The van der Waals surface area contributed by atoms with Crippen molar-refractivity contribution in [1.82, 2.24) is 10.2 Å². The maximum absolute atomic E-state index is 13.0. The molecule has 1 aliphatic heterocycles. The highest BCUT2D eigenvalue weighted by Crippen LogP contribution is 2.37. The molecule has 0 spiro atoms. The number of urea groups is 1. The zero-order valence-corrected chi connectivity index (χ0v) is 15.9. The number of nitrogens with zero attached hydrogens (tertiary/aromatic N) is 1. The number of hydrogen-bond donors (Lipinski definition) is 1. The molecule has 1 unspecified atom stereocenters. The van der Waals surface area contributed by atoms with E-state index < -0.39 is 19.9 Å². The van der Waals surface area contributed by atoms with Gasteiger partial charge in [-0.2, -0.15) is 0 Å². The highest BCUT2D eigenvalue weighted by Gasteiger charge is 2.52. The van der Waals surface area contributed by atoms with Crippen molar-refractivity contribution in [2.24, 2.45) is 0 Å². The van der Waals surface area contributed by atoms with Gasteiger partial charge in [0.1, 0.15) is 5.75 Å². The molecule has 130 valence electrons. The fraction of sp³-hybridized carbons (Fsp3) is 0.263. The summed E-state index contributed by atoms with van der Waals surface area (Å²) in [5.74, 6) is 0.414. The van der Waals surface area contributed by atoms with E-state index in [0.29, 0.717) is 11.3 Å². The molecular formula is C19H22N2O3Si. The summed E-state index contributed by atoms with van der Waals surface area (Å²) < 4.78 is 6.07. The predicted molar refractivity (Wildman–Crippen MR) is 98.9 cm³/mol. The second kappa shape index (κ2) is 6.04. The summed E-state index contributed by atoms with van der Waals surface area (Å²) in [6, 6.07) is 16.3. The lowest BCUT2D eigenvalue weighted by molar-refractivity contribution is -0.129. The van der Waals surface area contributed by atoms with Crippen LogP contribution in [-0.4, -0.2) is 32.2 Å².